The minimum atomic E-state index is -0.238. The number of para-hydroxylation sites is 1. The molecule has 2 aromatic rings. The Labute approximate surface area is 105 Å². The Morgan fingerprint density at radius 1 is 1.12 bits per heavy atom. The van der Waals surface area contributed by atoms with Gasteiger partial charge in [0.25, 0.3) is 0 Å². The lowest BCUT2D eigenvalue weighted by atomic mass is 10.1. The van der Waals surface area contributed by atoms with Crippen molar-refractivity contribution in [1.82, 2.24) is 0 Å². The number of benzene rings is 2. The number of alkyl halides is 1. The molecule has 0 aliphatic heterocycles. The van der Waals surface area contributed by atoms with Crippen LogP contribution in [0.25, 0.3) is 0 Å². The van der Waals surface area contributed by atoms with E-state index in [2.05, 4.69) is 0 Å². The van der Waals surface area contributed by atoms with E-state index < -0.39 is 0 Å². The number of nitrogens with zero attached hydrogens (tertiary/aromatic N) is 1. The zero-order chi connectivity index (χ0) is 12.3. The van der Waals surface area contributed by atoms with Crippen molar-refractivity contribution in [3.8, 4) is 0 Å². The van der Waals surface area contributed by atoms with E-state index in [0.29, 0.717) is 5.88 Å². The van der Waals surface area contributed by atoms with Gasteiger partial charge in [-0.25, -0.2) is 4.39 Å². The average molecular weight is 250 g/mol. The molecule has 17 heavy (non-hydrogen) atoms. The minimum absolute atomic E-state index is 0.238. The highest BCUT2D eigenvalue weighted by atomic mass is 35.5. The smallest absolute Gasteiger partial charge is 0.125 e. The van der Waals surface area contributed by atoms with E-state index >= 15 is 0 Å². The molecule has 0 saturated heterocycles. The first-order valence-electron chi connectivity index (χ1n) is 5.35. The van der Waals surface area contributed by atoms with Crippen LogP contribution in [-0.4, -0.2) is 7.05 Å². The van der Waals surface area contributed by atoms with E-state index in [-0.39, 0.29) is 5.82 Å². The fourth-order valence-electron chi connectivity index (χ4n) is 1.77. The van der Waals surface area contributed by atoms with E-state index in [0.717, 1.165) is 16.9 Å². The summed E-state index contributed by atoms with van der Waals surface area (Å²) in [5, 5.41) is 0. The molecule has 0 bridgehead atoms. The summed E-state index contributed by atoms with van der Waals surface area (Å²) in [6, 6.07) is 14.3. The lowest BCUT2D eigenvalue weighted by molar-refractivity contribution is 0.628. The predicted octanol–water partition coefficient (Wildman–Crippen LogP) is 4.33. The summed E-state index contributed by atoms with van der Waals surface area (Å²) >= 11 is 5.89. The Bertz CT molecular complexity index is 513. The van der Waals surface area contributed by atoms with Crippen LogP contribution in [0, 0.1) is 5.82 Å². The number of hydrogen-bond donors (Lipinski definition) is 0. The molecule has 0 heterocycles. The first kappa shape index (κ1) is 11.9. The van der Waals surface area contributed by atoms with Crippen LogP contribution in [0.1, 0.15) is 5.56 Å². The second-order valence-electron chi connectivity index (χ2n) is 3.80. The molecule has 0 radical (unpaired) electrons. The molecule has 0 aliphatic carbocycles. The molecule has 0 fully saturated rings. The molecule has 0 aliphatic rings. The molecule has 3 heteroatoms. The largest absolute Gasteiger partial charge is 0.344 e. The highest BCUT2D eigenvalue weighted by molar-refractivity contribution is 6.17. The molecule has 2 rings (SSSR count). The summed E-state index contributed by atoms with van der Waals surface area (Å²) in [4.78, 5) is 1.93. The third-order valence-electron chi connectivity index (χ3n) is 2.69. The molecule has 0 saturated carbocycles. The van der Waals surface area contributed by atoms with Gasteiger partial charge >= 0.3 is 0 Å². The molecule has 0 atom stereocenters. The molecular weight excluding hydrogens is 237 g/mol. The van der Waals surface area contributed by atoms with Crippen molar-refractivity contribution in [3.63, 3.8) is 0 Å². The lowest BCUT2D eigenvalue weighted by Crippen LogP contribution is -2.11. The van der Waals surface area contributed by atoms with Crippen LogP contribution in [0.5, 0.6) is 0 Å². The van der Waals surface area contributed by atoms with Gasteiger partial charge in [0.1, 0.15) is 5.82 Å². The van der Waals surface area contributed by atoms with E-state index in [1.54, 1.807) is 6.07 Å². The van der Waals surface area contributed by atoms with E-state index in [9.17, 15) is 4.39 Å². The predicted molar refractivity (Wildman–Crippen MR) is 70.5 cm³/mol. The van der Waals surface area contributed by atoms with Crippen molar-refractivity contribution in [3.05, 3.63) is 59.9 Å². The summed E-state index contributed by atoms with van der Waals surface area (Å²) in [5.74, 6) is 0.202. The van der Waals surface area contributed by atoms with Crippen molar-refractivity contribution in [2.45, 2.75) is 5.88 Å². The monoisotopic (exact) mass is 249 g/mol. The molecule has 88 valence electrons. The first-order chi connectivity index (χ1) is 8.22. The van der Waals surface area contributed by atoms with Gasteiger partial charge in [-0.3, -0.25) is 0 Å². The summed E-state index contributed by atoms with van der Waals surface area (Å²) in [5.41, 5.74) is 2.83. The van der Waals surface area contributed by atoms with Crippen LogP contribution in [-0.2, 0) is 5.88 Å². The van der Waals surface area contributed by atoms with Crippen LogP contribution in [0.2, 0.25) is 0 Å². The van der Waals surface area contributed by atoms with Gasteiger partial charge in [0, 0.05) is 24.3 Å². The Morgan fingerprint density at radius 3 is 2.59 bits per heavy atom. The summed E-state index contributed by atoms with van der Waals surface area (Å²) in [6.07, 6.45) is 0. The van der Waals surface area contributed by atoms with Crippen LogP contribution in [0.3, 0.4) is 0 Å². The number of rotatable bonds is 3. The Hall–Kier alpha value is -1.54. The van der Waals surface area contributed by atoms with Gasteiger partial charge in [0.15, 0.2) is 0 Å². The van der Waals surface area contributed by atoms with E-state index in [1.165, 1.54) is 12.1 Å². The minimum Gasteiger partial charge on any atom is -0.344 e. The van der Waals surface area contributed by atoms with Crippen molar-refractivity contribution < 1.29 is 4.39 Å². The third-order valence-corrected chi connectivity index (χ3v) is 2.98. The molecule has 0 unspecified atom stereocenters. The van der Waals surface area contributed by atoms with Crippen molar-refractivity contribution in [1.29, 1.82) is 0 Å². The maximum absolute atomic E-state index is 13.2. The molecule has 2 aromatic carbocycles. The van der Waals surface area contributed by atoms with Crippen molar-refractivity contribution in [2.24, 2.45) is 0 Å². The van der Waals surface area contributed by atoms with Crippen LogP contribution >= 0.6 is 11.6 Å². The van der Waals surface area contributed by atoms with Gasteiger partial charge < -0.3 is 4.90 Å². The molecule has 0 spiro atoms. The number of halogens is 2. The number of anilines is 2. The van der Waals surface area contributed by atoms with Gasteiger partial charge in [0.2, 0.25) is 0 Å². The Morgan fingerprint density at radius 2 is 1.88 bits per heavy atom. The van der Waals surface area contributed by atoms with E-state index in [1.807, 2.05) is 42.3 Å². The van der Waals surface area contributed by atoms with Gasteiger partial charge in [-0.2, -0.15) is 0 Å². The zero-order valence-corrected chi connectivity index (χ0v) is 10.3. The van der Waals surface area contributed by atoms with Gasteiger partial charge in [0.05, 0.1) is 0 Å². The Kier molecular flexibility index (Phi) is 3.64. The fourth-order valence-corrected chi connectivity index (χ4v) is 2.00. The van der Waals surface area contributed by atoms with Gasteiger partial charge in [-0.1, -0.05) is 24.3 Å². The summed E-state index contributed by atoms with van der Waals surface area (Å²) in [7, 11) is 1.90. The average Bonchev–Trinajstić information content (AvgIpc) is 2.38. The second kappa shape index (κ2) is 5.19. The van der Waals surface area contributed by atoms with Crippen LogP contribution < -0.4 is 4.90 Å². The fraction of sp³-hybridized carbons (Fsp3) is 0.143. The number of hydrogen-bond acceptors (Lipinski definition) is 1. The maximum Gasteiger partial charge on any atom is 0.125 e. The quantitative estimate of drug-likeness (QED) is 0.732. The first-order valence-corrected chi connectivity index (χ1v) is 5.89. The van der Waals surface area contributed by atoms with Crippen LogP contribution in [0.15, 0.2) is 48.5 Å². The Balaban J connectivity index is 2.40. The second-order valence-corrected chi connectivity index (χ2v) is 4.07. The summed E-state index contributed by atoms with van der Waals surface area (Å²) in [6.45, 7) is 0. The van der Waals surface area contributed by atoms with Gasteiger partial charge in [-0.05, 0) is 29.8 Å². The highest BCUT2D eigenvalue weighted by Gasteiger charge is 2.08. The SMILES string of the molecule is CN(c1cccc(F)c1)c1ccccc1CCl. The molecule has 1 nitrogen and oxygen atoms in total. The molecule has 0 N–H and O–H groups in total. The van der Waals surface area contributed by atoms with Gasteiger partial charge in [-0.15, -0.1) is 11.6 Å². The highest BCUT2D eigenvalue weighted by Crippen LogP contribution is 2.28. The topological polar surface area (TPSA) is 3.24 Å². The maximum atomic E-state index is 13.2. The molecule has 0 aromatic heterocycles. The molecule has 0 amide bonds. The normalized spacial score (nSPS) is 10.3. The van der Waals surface area contributed by atoms with Crippen LogP contribution in [0.4, 0.5) is 15.8 Å². The zero-order valence-electron chi connectivity index (χ0n) is 9.53. The molecular formula is C14H13ClFN. The van der Waals surface area contributed by atoms with Crippen molar-refractivity contribution >= 4 is 23.0 Å². The summed E-state index contributed by atoms with van der Waals surface area (Å²) < 4.78 is 13.2. The standard InChI is InChI=1S/C14H13ClFN/c1-17(13-7-4-6-12(16)9-13)14-8-3-2-5-11(14)10-15/h2-9H,10H2,1H3. The lowest BCUT2D eigenvalue weighted by Gasteiger charge is -2.22. The van der Waals surface area contributed by atoms with E-state index in [4.69, 9.17) is 11.6 Å². The van der Waals surface area contributed by atoms with Crippen molar-refractivity contribution in [2.75, 3.05) is 11.9 Å². The third kappa shape index (κ3) is 2.59.